The lowest BCUT2D eigenvalue weighted by atomic mass is 10.0. The fourth-order valence-corrected chi connectivity index (χ4v) is 7.38. The first kappa shape index (κ1) is 52.5. The van der Waals surface area contributed by atoms with Crippen LogP contribution in [0.2, 0.25) is 0 Å². The summed E-state index contributed by atoms with van der Waals surface area (Å²) in [6.45, 7) is 3.58. The number of unbranched alkanes of at least 4 members (excludes halogenated alkanes) is 30. The first-order chi connectivity index (χ1) is 25.8. The van der Waals surface area contributed by atoms with Gasteiger partial charge in [-0.15, -0.1) is 0 Å². The Balaban J connectivity index is 4.09. The number of hydrogen-bond donors (Lipinski definition) is 3. The third kappa shape index (κ3) is 40.9. The van der Waals surface area contributed by atoms with E-state index in [4.69, 9.17) is 23.6 Å². The summed E-state index contributed by atoms with van der Waals surface area (Å²) in [6.07, 6.45) is 39.1. The highest BCUT2D eigenvalue weighted by molar-refractivity contribution is 7.47. The largest absolute Gasteiger partial charge is 0.472 e. The molecule has 0 spiro atoms. The summed E-state index contributed by atoms with van der Waals surface area (Å²) in [6, 6.07) is 0. The van der Waals surface area contributed by atoms with Crippen LogP contribution in [0.4, 0.5) is 0 Å². The first-order valence-electron chi connectivity index (χ1n) is 22.5. The van der Waals surface area contributed by atoms with Crippen molar-refractivity contribution in [2.45, 2.75) is 238 Å². The highest BCUT2D eigenvalue weighted by Gasteiger charge is 2.26. The minimum atomic E-state index is -4.51. The van der Waals surface area contributed by atoms with Gasteiger partial charge >= 0.3 is 13.8 Å². The lowest BCUT2D eigenvalue weighted by molar-refractivity contribution is -0.154. The van der Waals surface area contributed by atoms with E-state index in [1.807, 2.05) is 0 Å². The van der Waals surface area contributed by atoms with Crippen LogP contribution in [0.25, 0.3) is 0 Å². The van der Waals surface area contributed by atoms with Crippen molar-refractivity contribution in [1.29, 1.82) is 0 Å². The van der Waals surface area contributed by atoms with Crippen molar-refractivity contribution in [3.8, 4) is 0 Å². The van der Waals surface area contributed by atoms with Gasteiger partial charge in [0.2, 0.25) is 0 Å². The van der Waals surface area contributed by atoms with Crippen LogP contribution in [-0.4, -0.2) is 66.3 Å². The Kier molecular flexibility index (Phi) is 40.7. The summed E-state index contributed by atoms with van der Waals surface area (Å²) in [5.74, 6) is -0.375. The quantitative estimate of drug-likeness (QED) is 0.0314. The molecule has 0 saturated carbocycles. The van der Waals surface area contributed by atoms with Crippen molar-refractivity contribution in [3.63, 3.8) is 0 Å². The second-order valence-electron chi connectivity index (χ2n) is 15.4. The maximum atomic E-state index is 12.6. The van der Waals surface area contributed by atoms with E-state index in [1.165, 1.54) is 173 Å². The molecule has 0 aliphatic rings. The lowest BCUT2D eigenvalue weighted by Gasteiger charge is -2.20. The predicted octanol–water partition coefficient (Wildman–Crippen LogP) is 12.3. The standard InChI is InChI=1S/C43H87O9P/c1-3-5-7-9-11-13-15-17-19-20-21-22-23-25-27-29-31-33-35-43(46)52-42(40-51-53(47,48)50-38-41(45)37-44)39-49-36-34-32-30-28-26-24-18-16-14-12-10-8-6-4-2/h41-42,44-45H,3-40H2,1-2H3,(H,47,48). The number of aliphatic hydroxyl groups excluding tert-OH is 2. The van der Waals surface area contributed by atoms with Crippen LogP contribution in [0.15, 0.2) is 0 Å². The molecule has 3 atom stereocenters. The Morgan fingerprint density at radius 3 is 1.23 bits per heavy atom. The van der Waals surface area contributed by atoms with E-state index in [0.29, 0.717) is 6.61 Å². The van der Waals surface area contributed by atoms with Gasteiger partial charge in [0.25, 0.3) is 0 Å². The highest BCUT2D eigenvalue weighted by atomic mass is 31.2. The van der Waals surface area contributed by atoms with Crippen molar-refractivity contribution in [1.82, 2.24) is 0 Å². The molecule has 0 saturated heterocycles. The summed E-state index contributed by atoms with van der Waals surface area (Å²) >= 11 is 0. The van der Waals surface area contributed by atoms with Crippen LogP contribution in [0.1, 0.15) is 226 Å². The molecule has 53 heavy (non-hydrogen) atoms. The minimum absolute atomic E-state index is 0.0581. The molecule has 0 fully saturated rings. The molecular weight excluding hydrogens is 691 g/mol. The number of rotatable bonds is 44. The number of carbonyl (C=O) groups is 1. The van der Waals surface area contributed by atoms with E-state index >= 15 is 0 Å². The Morgan fingerprint density at radius 2 is 0.849 bits per heavy atom. The van der Waals surface area contributed by atoms with Crippen LogP contribution >= 0.6 is 7.82 Å². The van der Waals surface area contributed by atoms with Crippen molar-refractivity contribution in [2.24, 2.45) is 0 Å². The van der Waals surface area contributed by atoms with Gasteiger partial charge in [0.15, 0.2) is 0 Å². The number of aliphatic hydroxyl groups is 2. The van der Waals surface area contributed by atoms with Gasteiger partial charge in [-0.2, -0.15) is 0 Å². The zero-order valence-corrected chi connectivity index (χ0v) is 35.7. The second-order valence-corrected chi connectivity index (χ2v) is 16.9. The minimum Gasteiger partial charge on any atom is -0.457 e. The Labute approximate surface area is 327 Å². The van der Waals surface area contributed by atoms with Gasteiger partial charge in [0.1, 0.15) is 12.2 Å². The second kappa shape index (κ2) is 41.1. The fourth-order valence-electron chi connectivity index (χ4n) is 6.59. The third-order valence-electron chi connectivity index (χ3n) is 10.0. The maximum Gasteiger partial charge on any atom is 0.472 e. The molecule has 0 rings (SSSR count). The number of esters is 1. The number of ether oxygens (including phenoxy) is 2. The third-order valence-corrected chi connectivity index (χ3v) is 11.0. The SMILES string of the molecule is CCCCCCCCCCCCCCCCCCCCC(=O)OC(COCCCCCCCCCCCCCCCC)COP(=O)(O)OCC(O)CO. The van der Waals surface area contributed by atoms with E-state index in [0.717, 1.165) is 32.1 Å². The van der Waals surface area contributed by atoms with Gasteiger partial charge in [-0.1, -0.05) is 206 Å². The Bertz CT molecular complexity index is 800. The van der Waals surface area contributed by atoms with Crippen LogP contribution in [-0.2, 0) is 27.9 Å². The molecule has 0 aromatic heterocycles. The summed E-state index contributed by atoms with van der Waals surface area (Å²) in [5.41, 5.74) is 0. The van der Waals surface area contributed by atoms with Crippen LogP contribution in [0, 0.1) is 0 Å². The van der Waals surface area contributed by atoms with E-state index in [-0.39, 0.29) is 25.6 Å². The smallest absolute Gasteiger partial charge is 0.457 e. The molecule has 10 heteroatoms. The zero-order chi connectivity index (χ0) is 38.9. The van der Waals surface area contributed by atoms with E-state index < -0.39 is 33.2 Å². The van der Waals surface area contributed by atoms with Gasteiger partial charge in [0, 0.05) is 13.0 Å². The monoisotopic (exact) mass is 779 g/mol. The molecule has 9 nitrogen and oxygen atoms in total. The highest BCUT2D eigenvalue weighted by Crippen LogP contribution is 2.43. The van der Waals surface area contributed by atoms with Crippen molar-refractivity contribution in [2.75, 3.05) is 33.0 Å². The number of phosphoric acid groups is 1. The average Bonchev–Trinajstić information content (AvgIpc) is 3.15. The number of carbonyl (C=O) groups excluding carboxylic acids is 1. The molecular formula is C43H87O9P. The molecule has 0 aliphatic heterocycles. The van der Waals surface area contributed by atoms with E-state index in [9.17, 15) is 19.4 Å². The number of phosphoric ester groups is 1. The van der Waals surface area contributed by atoms with Crippen LogP contribution < -0.4 is 0 Å². The topological polar surface area (TPSA) is 132 Å². The molecule has 3 N–H and O–H groups in total. The van der Waals surface area contributed by atoms with Crippen LogP contribution in [0.3, 0.4) is 0 Å². The molecule has 0 aromatic carbocycles. The Hall–Kier alpha value is -0.540. The van der Waals surface area contributed by atoms with Crippen LogP contribution in [0.5, 0.6) is 0 Å². The molecule has 0 aliphatic carbocycles. The molecule has 0 bridgehead atoms. The molecule has 3 unspecified atom stereocenters. The summed E-state index contributed by atoms with van der Waals surface area (Å²) < 4.78 is 33.4. The first-order valence-corrected chi connectivity index (χ1v) is 24.0. The molecule has 318 valence electrons. The lowest BCUT2D eigenvalue weighted by Crippen LogP contribution is -2.29. The maximum absolute atomic E-state index is 12.6. The van der Waals surface area contributed by atoms with Crippen molar-refractivity contribution in [3.05, 3.63) is 0 Å². The molecule has 0 aromatic rings. The van der Waals surface area contributed by atoms with Gasteiger partial charge in [0.05, 0.1) is 26.4 Å². The summed E-state index contributed by atoms with van der Waals surface area (Å²) in [4.78, 5) is 22.6. The number of hydrogen-bond acceptors (Lipinski definition) is 8. The normalized spacial score (nSPS) is 14.0. The summed E-state index contributed by atoms with van der Waals surface area (Å²) in [5, 5.41) is 18.3. The fraction of sp³-hybridized carbons (Fsp3) is 0.977. The average molecular weight is 779 g/mol. The van der Waals surface area contributed by atoms with Gasteiger partial charge in [-0.3, -0.25) is 13.8 Å². The Morgan fingerprint density at radius 1 is 0.509 bits per heavy atom. The summed E-state index contributed by atoms with van der Waals surface area (Å²) in [7, 11) is -4.51. The van der Waals surface area contributed by atoms with Gasteiger partial charge in [-0.05, 0) is 12.8 Å². The van der Waals surface area contributed by atoms with E-state index in [1.54, 1.807) is 0 Å². The molecule has 0 amide bonds. The zero-order valence-electron chi connectivity index (χ0n) is 34.8. The van der Waals surface area contributed by atoms with Gasteiger partial charge < -0.3 is 24.6 Å². The van der Waals surface area contributed by atoms with Crippen molar-refractivity contribution < 1.29 is 43.0 Å². The molecule has 0 heterocycles. The predicted molar refractivity (Wildman–Crippen MR) is 219 cm³/mol. The van der Waals surface area contributed by atoms with E-state index in [2.05, 4.69) is 13.8 Å². The van der Waals surface area contributed by atoms with Crippen molar-refractivity contribution >= 4 is 13.8 Å². The van der Waals surface area contributed by atoms with Gasteiger partial charge in [-0.25, -0.2) is 4.57 Å². The molecule has 0 radical (unpaired) electrons.